The minimum Gasteiger partial charge on any atom is -0.483 e. The van der Waals surface area contributed by atoms with Gasteiger partial charge < -0.3 is 15.8 Å². The summed E-state index contributed by atoms with van der Waals surface area (Å²) in [7, 11) is 1.83. The lowest BCUT2D eigenvalue weighted by molar-refractivity contribution is -0.121. The van der Waals surface area contributed by atoms with Crippen LogP contribution < -0.4 is 21.1 Å². The third kappa shape index (κ3) is 4.42. The normalized spacial score (nSPS) is 9.89. The van der Waals surface area contributed by atoms with E-state index in [1.807, 2.05) is 31.4 Å². The molecule has 0 aromatic heterocycles. The fraction of sp³-hybridized carbons (Fsp3) is 0.333. The van der Waals surface area contributed by atoms with Crippen LogP contribution in [-0.4, -0.2) is 25.6 Å². The molecule has 0 heterocycles. The van der Waals surface area contributed by atoms with Gasteiger partial charge in [0.2, 0.25) is 0 Å². The van der Waals surface area contributed by atoms with Gasteiger partial charge in [-0.2, -0.15) is 0 Å². The van der Waals surface area contributed by atoms with Gasteiger partial charge in [0, 0.05) is 12.1 Å². The Balaban J connectivity index is 2.66. The molecule has 1 aromatic carbocycles. The second-order valence-electron chi connectivity index (χ2n) is 3.84. The number of urea groups is 1. The van der Waals surface area contributed by atoms with Crippen LogP contribution in [-0.2, 0) is 11.3 Å². The van der Waals surface area contributed by atoms with Gasteiger partial charge in [0.15, 0.2) is 6.61 Å². The summed E-state index contributed by atoms with van der Waals surface area (Å²) in [5.41, 5.74) is 6.88. The third-order valence-corrected chi connectivity index (χ3v) is 2.20. The first kappa shape index (κ1) is 14.0. The van der Waals surface area contributed by atoms with Crippen molar-refractivity contribution in [3.63, 3.8) is 0 Å². The minimum absolute atomic E-state index is 0.247. The van der Waals surface area contributed by atoms with Crippen molar-refractivity contribution in [1.82, 2.24) is 10.6 Å². The molecule has 0 spiro atoms. The van der Waals surface area contributed by atoms with E-state index in [1.54, 1.807) is 6.07 Å². The molecule has 1 aromatic rings. The zero-order valence-electron chi connectivity index (χ0n) is 10.4. The largest absolute Gasteiger partial charge is 0.483 e. The highest BCUT2D eigenvalue weighted by molar-refractivity contribution is 5.94. The summed E-state index contributed by atoms with van der Waals surface area (Å²) in [6.07, 6.45) is 0. The Morgan fingerprint density at radius 1 is 1.39 bits per heavy atom. The van der Waals surface area contributed by atoms with E-state index in [-0.39, 0.29) is 6.61 Å². The SMILES string of the molecule is CNCc1cc(C)ccc1OCC(=O)NC(N)=O. The van der Waals surface area contributed by atoms with Crippen LogP contribution in [0.4, 0.5) is 4.79 Å². The summed E-state index contributed by atoms with van der Waals surface area (Å²) >= 11 is 0. The van der Waals surface area contributed by atoms with Gasteiger partial charge >= 0.3 is 6.03 Å². The number of nitrogens with two attached hydrogens (primary N) is 1. The zero-order valence-corrected chi connectivity index (χ0v) is 10.4. The second kappa shape index (κ2) is 6.61. The number of carbonyl (C=O) groups excluding carboxylic acids is 2. The molecule has 0 aliphatic carbocycles. The highest BCUT2D eigenvalue weighted by Gasteiger charge is 2.08. The first-order chi connectivity index (χ1) is 8.52. The Morgan fingerprint density at radius 3 is 2.72 bits per heavy atom. The van der Waals surface area contributed by atoms with E-state index in [9.17, 15) is 9.59 Å². The van der Waals surface area contributed by atoms with E-state index >= 15 is 0 Å². The number of rotatable bonds is 5. The van der Waals surface area contributed by atoms with Crippen molar-refractivity contribution in [2.75, 3.05) is 13.7 Å². The number of hydrogen-bond donors (Lipinski definition) is 3. The smallest absolute Gasteiger partial charge is 0.318 e. The molecule has 0 fully saturated rings. The van der Waals surface area contributed by atoms with Crippen molar-refractivity contribution < 1.29 is 14.3 Å². The topological polar surface area (TPSA) is 93.4 Å². The van der Waals surface area contributed by atoms with E-state index in [1.165, 1.54) is 0 Å². The fourth-order valence-corrected chi connectivity index (χ4v) is 1.49. The summed E-state index contributed by atoms with van der Waals surface area (Å²) in [6.45, 7) is 2.36. The fourth-order valence-electron chi connectivity index (χ4n) is 1.49. The lowest BCUT2D eigenvalue weighted by Crippen LogP contribution is -2.38. The molecular formula is C12H17N3O3. The van der Waals surface area contributed by atoms with E-state index < -0.39 is 11.9 Å². The average Bonchev–Trinajstić information content (AvgIpc) is 2.27. The van der Waals surface area contributed by atoms with Crippen LogP contribution in [0.15, 0.2) is 18.2 Å². The number of nitrogens with one attached hydrogen (secondary N) is 2. The van der Waals surface area contributed by atoms with Crippen molar-refractivity contribution >= 4 is 11.9 Å². The number of hydrogen-bond acceptors (Lipinski definition) is 4. The van der Waals surface area contributed by atoms with Crippen molar-refractivity contribution in [2.45, 2.75) is 13.5 Å². The number of benzene rings is 1. The number of aryl methyl sites for hydroxylation is 1. The molecule has 0 saturated heterocycles. The summed E-state index contributed by atoms with van der Waals surface area (Å²) in [5.74, 6) is 0.0352. The van der Waals surface area contributed by atoms with Gasteiger partial charge in [-0.1, -0.05) is 17.7 Å². The van der Waals surface area contributed by atoms with Gasteiger partial charge in [-0.25, -0.2) is 4.79 Å². The highest BCUT2D eigenvalue weighted by atomic mass is 16.5. The molecule has 0 saturated carbocycles. The van der Waals surface area contributed by atoms with Gasteiger partial charge in [0.05, 0.1) is 0 Å². The average molecular weight is 251 g/mol. The Bertz CT molecular complexity index is 446. The molecule has 0 unspecified atom stereocenters. The lowest BCUT2D eigenvalue weighted by Gasteiger charge is -2.11. The third-order valence-electron chi connectivity index (χ3n) is 2.20. The second-order valence-corrected chi connectivity index (χ2v) is 3.84. The molecule has 6 nitrogen and oxygen atoms in total. The van der Waals surface area contributed by atoms with Crippen molar-refractivity contribution in [2.24, 2.45) is 5.73 Å². The van der Waals surface area contributed by atoms with Gasteiger partial charge in [0.1, 0.15) is 5.75 Å². The summed E-state index contributed by atoms with van der Waals surface area (Å²) in [5, 5.41) is 4.95. The summed E-state index contributed by atoms with van der Waals surface area (Å²) in [6, 6.07) is 4.76. The van der Waals surface area contributed by atoms with Crippen LogP contribution in [0.1, 0.15) is 11.1 Å². The molecule has 0 aliphatic heterocycles. The van der Waals surface area contributed by atoms with E-state index in [0.29, 0.717) is 12.3 Å². The number of primary amides is 1. The quantitative estimate of drug-likeness (QED) is 0.701. The Morgan fingerprint density at radius 2 is 2.11 bits per heavy atom. The molecular weight excluding hydrogens is 234 g/mol. The molecule has 0 atom stereocenters. The van der Waals surface area contributed by atoms with Gasteiger partial charge in [-0.05, 0) is 20.0 Å². The van der Waals surface area contributed by atoms with Crippen LogP contribution in [0, 0.1) is 6.92 Å². The molecule has 6 heteroatoms. The van der Waals surface area contributed by atoms with Crippen LogP contribution in [0.5, 0.6) is 5.75 Å². The number of amides is 3. The maximum atomic E-state index is 11.2. The molecule has 18 heavy (non-hydrogen) atoms. The number of ether oxygens (including phenoxy) is 1. The predicted octanol–water partition coefficient (Wildman–Crippen LogP) is 0.288. The molecule has 0 aliphatic rings. The molecule has 98 valence electrons. The monoisotopic (exact) mass is 251 g/mol. The molecule has 0 radical (unpaired) electrons. The van der Waals surface area contributed by atoms with Crippen LogP contribution in [0.25, 0.3) is 0 Å². The Hall–Kier alpha value is -2.08. The summed E-state index contributed by atoms with van der Waals surface area (Å²) < 4.78 is 5.35. The standard InChI is InChI=1S/C12H17N3O3/c1-8-3-4-10(9(5-8)6-14-2)18-7-11(16)15-12(13)17/h3-5,14H,6-7H2,1-2H3,(H3,13,15,16,17). The van der Waals surface area contributed by atoms with Crippen molar-refractivity contribution in [3.8, 4) is 5.75 Å². The number of imide groups is 1. The first-order valence-corrected chi connectivity index (χ1v) is 5.49. The first-order valence-electron chi connectivity index (χ1n) is 5.49. The predicted molar refractivity (Wildman–Crippen MR) is 67.2 cm³/mol. The van der Waals surface area contributed by atoms with Crippen molar-refractivity contribution in [3.05, 3.63) is 29.3 Å². The van der Waals surface area contributed by atoms with E-state index in [2.05, 4.69) is 5.32 Å². The highest BCUT2D eigenvalue weighted by Crippen LogP contribution is 2.19. The lowest BCUT2D eigenvalue weighted by atomic mass is 10.1. The maximum Gasteiger partial charge on any atom is 0.318 e. The van der Waals surface area contributed by atoms with Crippen LogP contribution >= 0.6 is 0 Å². The Kier molecular flexibility index (Phi) is 5.13. The van der Waals surface area contributed by atoms with Crippen molar-refractivity contribution in [1.29, 1.82) is 0 Å². The molecule has 3 amide bonds. The minimum atomic E-state index is -0.886. The van der Waals surface area contributed by atoms with E-state index in [4.69, 9.17) is 10.5 Å². The van der Waals surface area contributed by atoms with Gasteiger partial charge in [-0.15, -0.1) is 0 Å². The van der Waals surface area contributed by atoms with Gasteiger partial charge in [-0.3, -0.25) is 10.1 Å². The zero-order chi connectivity index (χ0) is 13.5. The Labute approximate surface area is 105 Å². The van der Waals surface area contributed by atoms with Gasteiger partial charge in [0.25, 0.3) is 5.91 Å². The van der Waals surface area contributed by atoms with E-state index in [0.717, 1.165) is 11.1 Å². The van der Waals surface area contributed by atoms with Crippen LogP contribution in [0.3, 0.4) is 0 Å². The van der Waals surface area contributed by atoms with Crippen LogP contribution in [0.2, 0.25) is 0 Å². The molecule has 4 N–H and O–H groups in total. The summed E-state index contributed by atoms with van der Waals surface area (Å²) in [4.78, 5) is 21.7. The molecule has 0 bridgehead atoms. The molecule has 1 rings (SSSR count). The number of carbonyl (C=O) groups is 2. The maximum absolute atomic E-state index is 11.2.